The number of rotatable bonds is 4. The van der Waals surface area contributed by atoms with E-state index in [1.54, 1.807) is 6.07 Å². The summed E-state index contributed by atoms with van der Waals surface area (Å²) in [6, 6.07) is 13.1. The largest absolute Gasteiger partial charge is 0.296 e. The fourth-order valence-corrected chi connectivity index (χ4v) is 5.90. The number of sulfonamides is 1. The van der Waals surface area contributed by atoms with Crippen molar-refractivity contribution < 1.29 is 13.2 Å². The Labute approximate surface area is 167 Å². The van der Waals surface area contributed by atoms with Gasteiger partial charge in [-0.2, -0.15) is 4.31 Å². The third-order valence-electron chi connectivity index (χ3n) is 4.79. The minimum absolute atomic E-state index is 0.0809. The van der Waals surface area contributed by atoms with Crippen molar-refractivity contribution in [3.8, 4) is 0 Å². The quantitative estimate of drug-likeness (QED) is 0.657. The van der Waals surface area contributed by atoms with E-state index in [0.717, 1.165) is 47.8 Å². The lowest BCUT2D eigenvalue weighted by molar-refractivity contribution is 0.102. The van der Waals surface area contributed by atoms with Crippen molar-refractivity contribution in [3.05, 3.63) is 48.0 Å². The average Bonchev–Trinajstić information content (AvgIpc) is 3.00. The van der Waals surface area contributed by atoms with Gasteiger partial charge in [-0.15, -0.1) is 10.2 Å². The van der Waals surface area contributed by atoms with E-state index in [-0.39, 0.29) is 15.4 Å². The van der Waals surface area contributed by atoms with Gasteiger partial charge in [-0.25, -0.2) is 8.42 Å². The molecule has 1 N–H and O–H groups in total. The zero-order valence-electron chi connectivity index (χ0n) is 15.2. The summed E-state index contributed by atoms with van der Waals surface area (Å²) in [6.45, 7) is 0.999. The number of hydrogen-bond donors (Lipinski definition) is 1. The molecule has 3 aromatic rings. The van der Waals surface area contributed by atoms with E-state index in [9.17, 15) is 13.2 Å². The van der Waals surface area contributed by atoms with Crippen LogP contribution < -0.4 is 5.32 Å². The number of hydrogen-bond acceptors (Lipinski definition) is 6. The molecule has 1 aliphatic heterocycles. The molecule has 146 valence electrons. The van der Waals surface area contributed by atoms with Gasteiger partial charge in [0.15, 0.2) is 0 Å². The average molecular weight is 417 g/mol. The second kappa shape index (κ2) is 7.94. The van der Waals surface area contributed by atoms with Crippen LogP contribution in [0, 0.1) is 0 Å². The minimum atomic E-state index is -3.67. The molecule has 1 amide bonds. The van der Waals surface area contributed by atoms with Crippen LogP contribution in [0.25, 0.3) is 10.8 Å². The van der Waals surface area contributed by atoms with Crippen LogP contribution in [0.15, 0.2) is 46.8 Å². The molecule has 4 rings (SSSR count). The number of nitrogens with one attached hydrogen (secondary N) is 1. The lowest BCUT2D eigenvalue weighted by Gasteiger charge is -2.17. The number of carbonyl (C=O) groups is 1. The predicted octanol–water partition coefficient (Wildman–Crippen LogP) is 3.51. The second-order valence-electron chi connectivity index (χ2n) is 6.67. The van der Waals surface area contributed by atoms with E-state index in [4.69, 9.17) is 0 Å². The molecule has 7 nitrogen and oxygen atoms in total. The summed E-state index contributed by atoms with van der Waals surface area (Å²) < 4.78 is 27.0. The fraction of sp³-hybridized carbons (Fsp3) is 0.316. The molecule has 0 unspecified atom stereocenters. The first-order chi connectivity index (χ1) is 13.6. The van der Waals surface area contributed by atoms with Crippen molar-refractivity contribution >= 4 is 43.2 Å². The number of amides is 1. The van der Waals surface area contributed by atoms with Gasteiger partial charge in [-0.1, -0.05) is 60.6 Å². The monoisotopic (exact) mass is 416 g/mol. The first kappa shape index (κ1) is 19.0. The summed E-state index contributed by atoms with van der Waals surface area (Å²) in [6.07, 6.45) is 3.77. The van der Waals surface area contributed by atoms with Gasteiger partial charge in [0.05, 0.1) is 0 Å². The van der Waals surface area contributed by atoms with Crippen LogP contribution in [0.4, 0.5) is 5.13 Å². The number of benzene rings is 2. The Morgan fingerprint density at radius 3 is 2.46 bits per heavy atom. The number of anilines is 1. The van der Waals surface area contributed by atoms with Gasteiger partial charge in [0.1, 0.15) is 0 Å². The third-order valence-corrected chi connectivity index (χ3v) is 7.87. The van der Waals surface area contributed by atoms with E-state index in [0.29, 0.717) is 18.7 Å². The van der Waals surface area contributed by atoms with Crippen LogP contribution in [0.2, 0.25) is 0 Å². The highest BCUT2D eigenvalue weighted by atomic mass is 32.2. The molecule has 1 aliphatic rings. The molecule has 1 saturated heterocycles. The van der Waals surface area contributed by atoms with Crippen LogP contribution in [-0.2, 0) is 10.0 Å². The second-order valence-corrected chi connectivity index (χ2v) is 9.76. The zero-order valence-corrected chi connectivity index (χ0v) is 16.8. The molecule has 2 aromatic carbocycles. The molecule has 0 aliphatic carbocycles. The Balaban J connectivity index is 1.55. The molecule has 0 radical (unpaired) electrons. The summed E-state index contributed by atoms with van der Waals surface area (Å²) >= 11 is 0.885. The van der Waals surface area contributed by atoms with Crippen LogP contribution in [0.5, 0.6) is 0 Å². The maximum atomic E-state index is 12.8. The van der Waals surface area contributed by atoms with Crippen molar-refractivity contribution in [2.75, 3.05) is 18.4 Å². The van der Waals surface area contributed by atoms with Gasteiger partial charge in [0.25, 0.3) is 15.9 Å². The van der Waals surface area contributed by atoms with Crippen molar-refractivity contribution in [2.45, 2.75) is 30.0 Å². The molecular formula is C19H20N4O3S2. The molecule has 0 saturated carbocycles. The molecule has 2 heterocycles. The van der Waals surface area contributed by atoms with E-state index >= 15 is 0 Å². The van der Waals surface area contributed by atoms with Crippen molar-refractivity contribution in [1.82, 2.24) is 14.5 Å². The van der Waals surface area contributed by atoms with Crippen LogP contribution in [-0.4, -0.2) is 41.9 Å². The Kier molecular flexibility index (Phi) is 5.38. The van der Waals surface area contributed by atoms with Crippen LogP contribution >= 0.6 is 11.3 Å². The number of carbonyl (C=O) groups excluding carboxylic acids is 1. The predicted molar refractivity (Wildman–Crippen MR) is 109 cm³/mol. The maximum Gasteiger partial charge on any atom is 0.272 e. The zero-order chi connectivity index (χ0) is 19.6. The van der Waals surface area contributed by atoms with Crippen molar-refractivity contribution in [1.29, 1.82) is 0 Å². The first-order valence-electron chi connectivity index (χ1n) is 9.18. The Bertz CT molecular complexity index is 1100. The van der Waals surface area contributed by atoms with Gasteiger partial charge in [-0.05, 0) is 29.7 Å². The topological polar surface area (TPSA) is 92.3 Å². The minimum Gasteiger partial charge on any atom is -0.296 e. The Morgan fingerprint density at radius 2 is 1.68 bits per heavy atom. The van der Waals surface area contributed by atoms with Crippen LogP contribution in [0.3, 0.4) is 0 Å². The molecule has 0 atom stereocenters. The van der Waals surface area contributed by atoms with E-state index in [1.807, 2.05) is 36.4 Å². The molecule has 1 aromatic heterocycles. The lowest BCUT2D eigenvalue weighted by Crippen LogP contribution is -2.31. The number of nitrogens with zero attached hydrogens (tertiary/aromatic N) is 3. The summed E-state index contributed by atoms with van der Waals surface area (Å²) in [5.41, 5.74) is 0.505. The van der Waals surface area contributed by atoms with Gasteiger partial charge >= 0.3 is 0 Å². The molecule has 0 spiro atoms. The van der Waals surface area contributed by atoms with E-state index < -0.39 is 10.0 Å². The normalized spacial score (nSPS) is 16.0. The van der Waals surface area contributed by atoms with Gasteiger partial charge in [-0.3, -0.25) is 10.1 Å². The molecule has 9 heteroatoms. The molecule has 28 heavy (non-hydrogen) atoms. The fourth-order valence-electron chi connectivity index (χ4n) is 3.34. The van der Waals surface area contributed by atoms with Crippen molar-refractivity contribution in [2.24, 2.45) is 0 Å². The highest BCUT2D eigenvalue weighted by molar-refractivity contribution is 7.91. The standard InChI is InChI=1S/C19H20N4O3S2/c24-17(16-11-7-9-14-8-3-4-10-15(14)16)20-18-21-22-19(27-18)28(25,26)23-12-5-1-2-6-13-23/h3-4,7-11H,1-2,5-6,12-13H2,(H,20,21,24). The maximum absolute atomic E-state index is 12.8. The van der Waals surface area contributed by atoms with E-state index in [1.165, 1.54) is 4.31 Å². The Morgan fingerprint density at radius 1 is 0.964 bits per heavy atom. The third kappa shape index (κ3) is 3.78. The summed E-state index contributed by atoms with van der Waals surface area (Å²) in [5, 5.41) is 12.3. The number of aromatic nitrogens is 2. The first-order valence-corrected chi connectivity index (χ1v) is 11.4. The van der Waals surface area contributed by atoms with E-state index in [2.05, 4.69) is 15.5 Å². The van der Waals surface area contributed by atoms with Gasteiger partial charge < -0.3 is 0 Å². The summed E-state index contributed by atoms with van der Waals surface area (Å²) in [4.78, 5) is 12.7. The van der Waals surface area contributed by atoms with Crippen LogP contribution in [0.1, 0.15) is 36.0 Å². The lowest BCUT2D eigenvalue weighted by atomic mass is 10.0. The summed E-state index contributed by atoms with van der Waals surface area (Å²) in [7, 11) is -3.67. The molecule has 1 fully saturated rings. The highest BCUT2D eigenvalue weighted by Gasteiger charge is 2.29. The molecular weight excluding hydrogens is 396 g/mol. The number of fused-ring (bicyclic) bond motifs is 1. The van der Waals surface area contributed by atoms with Gasteiger partial charge in [0, 0.05) is 18.7 Å². The van der Waals surface area contributed by atoms with Gasteiger partial charge in [0.2, 0.25) is 9.47 Å². The van der Waals surface area contributed by atoms with Crippen molar-refractivity contribution in [3.63, 3.8) is 0 Å². The smallest absolute Gasteiger partial charge is 0.272 e. The Hall–Kier alpha value is -2.36. The highest BCUT2D eigenvalue weighted by Crippen LogP contribution is 2.26. The SMILES string of the molecule is O=C(Nc1nnc(S(=O)(=O)N2CCCCCC2)s1)c1cccc2ccccc12. The molecule has 0 bridgehead atoms. The summed E-state index contributed by atoms with van der Waals surface area (Å²) in [5.74, 6) is -0.341.